The van der Waals surface area contributed by atoms with Crippen LogP contribution in [0.15, 0.2) is 40.9 Å². The molecular formula is C22H25NO. The van der Waals surface area contributed by atoms with Gasteiger partial charge in [-0.3, -0.25) is 4.98 Å². The number of hydrogen-bond acceptors (Lipinski definition) is 2. The Labute approximate surface area is 143 Å². The first-order valence-corrected chi connectivity index (χ1v) is 8.46. The first-order valence-electron chi connectivity index (χ1n) is 8.46. The topological polar surface area (TPSA) is 26.0 Å². The van der Waals surface area contributed by atoms with Gasteiger partial charge in [0.25, 0.3) is 0 Å². The third-order valence-corrected chi connectivity index (χ3v) is 4.23. The average Bonchev–Trinajstić information content (AvgIpc) is 2.82. The van der Waals surface area contributed by atoms with E-state index in [2.05, 4.69) is 76.5 Å². The minimum atomic E-state index is 0.105. The fourth-order valence-electron chi connectivity index (χ4n) is 2.82. The Balaban J connectivity index is 2.15. The SMILES string of the molecule is C=c1/c(=C/C(C)C)oc2ccc(-c3cc(C(C)(C)C)ccn3)cc12. The summed E-state index contributed by atoms with van der Waals surface area (Å²) >= 11 is 0. The molecule has 0 radical (unpaired) electrons. The van der Waals surface area contributed by atoms with Crippen LogP contribution < -0.4 is 10.6 Å². The number of aromatic nitrogens is 1. The quantitative estimate of drug-likeness (QED) is 0.688. The maximum absolute atomic E-state index is 5.94. The van der Waals surface area contributed by atoms with Crippen LogP contribution >= 0.6 is 0 Å². The van der Waals surface area contributed by atoms with E-state index in [1.165, 1.54) is 5.56 Å². The second-order valence-corrected chi connectivity index (χ2v) is 7.75. The van der Waals surface area contributed by atoms with Crippen LogP contribution in [-0.2, 0) is 5.41 Å². The minimum Gasteiger partial charge on any atom is -0.456 e. The standard InChI is InChI=1S/C22H25NO/c1-14(2)11-21-15(3)18-12-16(7-8-20(18)24-21)19-13-17(9-10-23-19)22(4,5)6/h7-14H,3H2,1-2,4-6H3/b21-11-. The Morgan fingerprint density at radius 1 is 1.12 bits per heavy atom. The molecule has 0 spiro atoms. The molecule has 0 amide bonds. The maximum atomic E-state index is 5.94. The van der Waals surface area contributed by atoms with Crippen molar-refractivity contribution in [1.29, 1.82) is 0 Å². The second kappa shape index (κ2) is 5.94. The number of nitrogens with zero attached hydrogens (tertiary/aromatic N) is 1. The predicted molar refractivity (Wildman–Crippen MR) is 102 cm³/mol. The highest BCUT2D eigenvalue weighted by Gasteiger charge is 2.15. The van der Waals surface area contributed by atoms with E-state index >= 15 is 0 Å². The van der Waals surface area contributed by atoms with Crippen molar-refractivity contribution in [2.45, 2.75) is 40.0 Å². The van der Waals surface area contributed by atoms with E-state index in [9.17, 15) is 0 Å². The minimum absolute atomic E-state index is 0.105. The third kappa shape index (κ3) is 3.14. The van der Waals surface area contributed by atoms with Gasteiger partial charge >= 0.3 is 0 Å². The van der Waals surface area contributed by atoms with Gasteiger partial charge in [-0.1, -0.05) is 41.2 Å². The Kier molecular flexibility index (Phi) is 4.08. The van der Waals surface area contributed by atoms with Crippen molar-refractivity contribution in [3.05, 3.63) is 52.7 Å². The fourth-order valence-corrected chi connectivity index (χ4v) is 2.82. The second-order valence-electron chi connectivity index (χ2n) is 7.75. The monoisotopic (exact) mass is 319 g/mol. The fraction of sp³-hybridized carbons (Fsp3) is 0.318. The zero-order chi connectivity index (χ0) is 17.5. The van der Waals surface area contributed by atoms with Crippen LogP contribution in [0.1, 0.15) is 40.2 Å². The van der Waals surface area contributed by atoms with Gasteiger partial charge in [0.2, 0.25) is 0 Å². The van der Waals surface area contributed by atoms with Crippen LogP contribution in [0.3, 0.4) is 0 Å². The largest absolute Gasteiger partial charge is 0.456 e. The van der Waals surface area contributed by atoms with Crippen molar-refractivity contribution in [3.8, 4) is 11.3 Å². The van der Waals surface area contributed by atoms with Crippen LogP contribution in [0.4, 0.5) is 0 Å². The molecule has 0 saturated heterocycles. The lowest BCUT2D eigenvalue weighted by Gasteiger charge is -2.19. The molecule has 0 unspecified atom stereocenters. The van der Waals surface area contributed by atoms with E-state index in [0.717, 1.165) is 32.9 Å². The Morgan fingerprint density at radius 3 is 2.54 bits per heavy atom. The lowest BCUT2D eigenvalue weighted by Crippen LogP contribution is -2.18. The molecule has 0 atom stereocenters. The van der Waals surface area contributed by atoms with Gasteiger partial charge in [0, 0.05) is 22.4 Å². The molecule has 0 N–H and O–H groups in total. The van der Waals surface area contributed by atoms with E-state index in [1.54, 1.807) is 0 Å². The Hall–Kier alpha value is -2.35. The number of rotatable bonds is 2. The molecule has 2 aromatic heterocycles. The first-order chi connectivity index (χ1) is 11.3. The van der Waals surface area contributed by atoms with Crippen LogP contribution in [0, 0.1) is 5.92 Å². The molecule has 3 aromatic rings. The summed E-state index contributed by atoms with van der Waals surface area (Å²) in [7, 11) is 0. The Bertz CT molecular complexity index is 987. The molecule has 2 heterocycles. The van der Waals surface area contributed by atoms with Crippen molar-refractivity contribution in [1.82, 2.24) is 4.98 Å². The molecular weight excluding hydrogens is 294 g/mol. The molecule has 0 bridgehead atoms. The van der Waals surface area contributed by atoms with Crippen molar-refractivity contribution in [3.63, 3.8) is 0 Å². The summed E-state index contributed by atoms with van der Waals surface area (Å²) in [5.74, 6) is 0.427. The van der Waals surface area contributed by atoms with Gasteiger partial charge < -0.3 is 4.42 Å². The zero-order valence-electron chi connectivity index (χ0n) is 15.2. The van der Waals surface area contributed by atoms with E-state index in [1.807, 2.05) is 12.3 Å². The van der Waals surface area contributed by atoms with E-state index in [0.29, 0.717) is 5.92 Å². The van der Waals surface area contributed by atoms with Crippen molar-refractivity contribution in [2.75, 3.05) is 0 Å². The van der Waals surface area contributed by atoms with Gasteiger partial charge in [0.1, 0.15) is 11.0 Å². The van der Waals surface area contributed by atoms with E-state index < -0.39 is 0 Å². The third-order valence-electron chi connectivity index (χ3n) is 4.23. The maximum Gasteiger partial charge on any atom is 0.135 e. The summed E-state index contributed by atoms with van der Waals surface area (Å²) in [5, 5.41) is 2.01. The van der Waals surface area contributed by atoms with Crippen LogP contribution in [-0.4, -0.2) is 4.98 Å². The molecule has 0 aliphatic rings. The number of fused-ring (bicyclic) bond motifs is 1. The molecule has 0 aliphatic carbocycles. The summed E-state index contributed by atoms with van der Waals surface area (Å²) in [6.45, 7) is 15.1. The molecule has 24 heavy (non-hydrogen) atoms. The number of furan rings is 1. The zero-order valence-corrected chi connectivity index (χ0v) is 15.2. The van der Waals surface area contributed by atoms with Crippen LogP contribution in [0.25, 0.3) is 34.9 Å². The Morgan fingerprint density at radius 2 is 1.88 bits per heavy atom. The van der Waals surface area contributed by atoms with Gasteiger partial charge in [0.15, 0.2) is 0 Å². The summed E-state index contributed by atoms with van der Waals surface area (Å²) in [4.78, 5) is 4.56. The first kappa shape index (κ1) is 16.5. The van der Waals surface area contributed by atoms with E-state index in [-0.39, 0.29) is 5.41 Å². The predicted octanol–water partition coefficient (Wildman–Crippen LogP) is 4.64. The summed E-state index contributed by atoms with van der Waals surface area (Å²) in [6, 6.07) is 10.5. The van der Waals surface area contributed by atoms with Gasteiger partial charge in [-0.2, -0.15) is 0 Å². The molecule has 2 heteroatoms. The van der Waals surface area contributed by atoms with Crippen LogP contribution in [0.2, 0.25) is 0 Å². The summed E-state index contributed by atoms with van der Waals surface area (Å²) < 4.78 is 5.94. The molecule has 3 rings (SSSR count). The van der Waals surface area contributed by atoms with Crippen molar-refractivity contribution < 1.29 is 4.42 Å². The highest BCUT2D eigenvalue weighted by atomic mass is 16.3. The lowest BCUT2D eigenvalue weighted by molar-refractivity contribution is 0.570. The van der Waals surface area contributed by atoms with Gasteiger partial charge in [0.05, 0.1) is 5.69 Å². The van der Waals surface area contributed by atoms with Crippen LogP contribution in [0.5, 0.6) is 0 Å². The summed E-state index contributed by atoms with van der Waals surface area (Å²) in [5.41, 5.74) is 5.21. The van der Waals surface area contributed by atoms with Gasteiger partial charge in [-0.15, -0.1) is 0 Å². The van der Waals surface area contributed by atoms with E-state index in [4.69, 9.17) is 4.42 Å². The highest BCUT2D eigenvalue weighted by molar-refractivity contribution is 5.83. The van der Waals surface area contributed by atoms with Gasteiger partial charge in [-0.25, -0.2) is 0 Å². The number of benzene rings is 1. The molecule has 2 nitrogen and oxygen atoms in total. The molecule has 124 valence electrons. The smallest absolute Gasteiger partial charge is 0.135 e. The highest BCUT2D eigenvalue weighted by Crippen LogP contribution is 2.27. The molecule has 0 saturated carbocycles. The number of pyridine rings is 1. The molecule has 0 aliphatic heterocycles. The normalized spacial score (nSPS) is 13.2. The van der Waals surface area contributed by atoms with Crippen molar-refractivity contribution >= 4 is 23.6 Å². The molecule has 1 aromatic carbocycles. The van der Waals surface area contributed by atoms with Gasteiger partial charge in [-0.05, 0) is 53.3 Å². The molecule has 0 fully saturated rings. The van der Waals surface area contributed by atoms with Crippen molar-refractivity contribution in [2.24, 2.45) is 5.92 Å². The lowest BCUT2D eigenvalue weighted by atomic mass is 9.87. The number of hydrogen-bond donors (Lipinski definition) is 0. The average molecular weight is 319 g/mol. The summed E-state index contributed by atoms with van der Waals surface area (Å²) in [6.07, 6.45) is 4.00.